The van der Waals surface area contributed by atoms with Gasteiger partial charge in [0.2, 0.25) is 5.91 Å². The molecule has 0 radical (unpaired) electrons. The molecule has 0 aliphatic rings. The number of aryl methyl sites for hydroxylation is 1. The summed E-state index contributed by atoms with van der Waals surface area (Å²) in [5.74, 6) is -0.621. The van der Waals surface area contributed by atoms with E-state index >= 15 is 0 Å². The maximum Gasteiger partial charge on any atom is 0.292 e. The van der Waals surface area contributed by atoms with E-state index in [2.05, 4.69) is 10.4 Å². The Morgan fingerprint density at radius 3 is 2.90 bits per heavy atom. The summed E-state index contributed by atoms with van der Waals surface area (Å²) in [6, 6.07) is 5.84. The summed E-state index contributed by atoms with van der Waals surface area (Å²) in [7, 11) is 0. The van der Waals surface area contributed by atoms with E-state index in [9.17, 15) is 14.9 Å². The number of rotatable bonds is 7. The van der Waals surface area contributed by atoms with Gasteiger partial charge in [-0.05, 0) is 24.6 Å². The highest BCUT2D eigenvalue weighted by Gasteiger charge is 2.15. The minimum absolute atomic E-state index is 0.0842. The Labute approximate surface area is 120 Å². The molecule has 0 fully saturated rings. The number of hydrogen-bond acceptors (Lipinski definition) is 5. The number of nitrogens with zero attached hydrogens (tertiary/aromatic N) is 3. The van der Waals surface area contributed by atoms with Gasteiger partial charge in [0.15, 0.2) is 0 Å². The molecule has 0 unspecified atom stereocenters. The number of hydrogen-bond donors (Lipinski definition) is 2. The van der Waals surface area contributed by atoms with Gasteiger partial charge in [-0.25, -0.2) is 0 Å². The van der Waals surface area contributed by atoms with Crippen LogP contribution in [0.15, 0.2) is 36.7 Å². The van der Waals surface area contributed by atoms with Crippen LogP contribution in [0.2, 0.25) is 0 Å². The second kappa shape index (κ2) is 6.51. The van der Waals surface area contributed by atoms with Crippen LogP contribution >= 0.6 is 0 Å². The lowest BCUT2D eigenvalue weighted by atomic mass is 10.1. The molecule has 0 saturated carbocycles. The fourth-order valence-electron chi connectivity index (χ4n) is 1.89. The predicted molar refractivity (Wildman–Crippen MR) is 76.9 cm³/mol. The lowest BCUT2D eigenvalue weighted by Crippen LogP contribution is -2.13. The van der Waals surface area contributed by atoms with Crippen LogP contribution in [0.4, 0.5) is 11.4 Å². The molecule has 2 rings (SSSR count). The lowest BCUT2D eigenvalue weighted by Gasteiger charge is -2.08. The third-order valence-electron chi connectivity index (χ3n) is 2.92. The number of nitrogens with two attached hydrogens (primary N) is 1. The van der Waals surface area contributed by atoms with E-state index in [1.54, 1.807) is 10.9 Å². The van der Waals surface area contributed by atoms with Gasteiger partial charge in [-0.2, -0.15) is 5.10 Å². The largest absolute Gasteiger partial charge is 0.379 e. The van der Waals surface area contributed by atoms with Crippen molar-refractivity contribution in [2.75, 3.05) is 11.9 Å². The highest BCUT2D eigenvalue weighted by molar-refractivity contribution is 5.94. The van der Waals surface area contributed by atoms with E-state index in [1.165, 1.54) is 18.2 Å². The summed E-state index contributed by atoms with van der Waals surface area (Å²) in [6.07, 6.45) is 4.27. The van der Waals surface area contributed by atoms with Crippen molar-refractivity contribution < 1.29 is 9.72 Å². The van der Waals surface area contributed by atoms with E-state index in [1.807, 2.05) is 12.3 Å². The third-order valence-corrected chi connectivity index (χ3v) is 2.92. The van der Waals surface area contributed by atoms with E-state index in [4.69, 9.17) is 5.73 Å². The predicted octanol–water partition coefficient (Wildman–Crippen LogP) is 1.39. The van der Waals surface area contributed by atoms with Crippen molar-refractivity contribution in [1.82, 2.24) is 9.78 Å². The standard InChI is InChI=1S/C13H15N5O3/c14-13(19)10-3-4-12(18(20)21)11(9-10)15-5-1-7-17-8-2-6-16-17/h2-4,6,8-9,15H,1,5,7H2,(H2,14,19). The van der Waals surface area contributed by atoms with Gasteiger partial charge in [0.1, 0.15) is 5.69 Å². The molecule has 2 aromatic rings. The quantitative estimate of drug-likeness (QED) is 0.454. The Balaban J connectivity index is 2.01. The van der Waals surface area contributed by atoms with Crippen molar-refractivity contribution in [3.05, 3.63) is 52.3 Å². The Morgan fingerprint density at radius 2 is 2.29 bits per heavy atom. The topological polar surface area (TPSA) is 116 Å². The van der Waals surface area contributed by atoms with Crippen molar-refractivity contribution >= 4 is 17.3 Å². The Morgan fingerprint density at radius 1 is 1.48 bits per heavy atom. The van der Waals surface area contributed by atoms with Crippen LogP contribution < -0.4 is 11.1 Å². The van der Waals surface area contributed by atoms with Crippen molar-refractivity contribution in [2.45, 2.75) is 13.0 Å². The maximum atomic E-state index is 11.1. The number of benzene rings is 1. The first-order valence-electron chi connectivity index (χ1n) is 6.37. The molecule has 8 heteroatoms. The van der Waals surface area contributed by atoms with Crippen molar-refractivity contribution in [3.8, 4) is 0 Å². The van der Waals surface area contributed by atoms with Crippen LogP contribution in [0.1, 0.15) is 16.8 Å². The number of amides is 1. The molecule has 1 heterocycles. The van der Waals surface area contributed by atoms with Gasteiger partial charge in [-0.15, -0.1) is 0 Å². The van der Waals surface area contributed by atoms with Gasteiger partial charge in [0.25, 0.3) is 5.69 Å². The smallest absolute Gasteiger partial charge is 0.292 e. The van der Waals surface area contributed by atoms with Crippen LogP contribution in [-0.2, 0) is 6.54 Å². The molecule has 0 spiro atoms. The average molecular weight is 289 g/mol. The molecule has 110 valence electrons. The number of carbonyl (C=O) groups excluding carboxylic acids is 1. The van der Waals surface area contributed by atoms with E-state index in [0.29, 0.717) is 13.1 Å². The van der Waals surface area contributed by atoms with Crippen LogP contribution in [0, 0.1) is 10.1 Å². The molecule has 3 N–H and O–H groups in total. The Bertz CT molecular complexity index is 639. The number of nitrogens with one attached hydrogen (secondary N) is 1. The molecule has 1 aromatic heterocycles. The Kier molecular flexibility index (Phi) is 4.50. The molecule has 0 atom stereocenters. The third kappa shape index (κ3) is 3.78. The highest BCUT2D eigenvalue weighted by atomic mass is 16.6. The van der Waals surface area contributed by atoms with E-state index < -0.39 is 10.8 Å². The molecule has 0 bridgehead atoms. The lowest BCUT2D eigenvalue weighted by molar-refractivity contribution is -0.384. The van der Waals surface area contributed by atoms with Crippen molar-refractivity contribution in [3.63, 3.8) is 0 Å². The molecular formula is C13H15N5O3. The number of anilines is 1. The van der Waals surface area contributed by atoms with Crippen LogP contribution in [0.5, 0.6) is 0 Å². The van der Waals surface area contributed by atoms with Gasteiger partial charge in [-0.3, -0.25) is 19.6 Å². The summed E-state index contributed by atoms with van der Waals surface area (Å²) in [4.78, 5) is 21.6. The van der Waals surface area contributed by atoms with Crippen molar-refractivity contribution in [1.29, 1.82) is 0 Å². The normalized spacial score (nSPS) is 10.3. The van der Waals surface area contributed by atoms with Gasteiger partial charge < -0.3 is 11.1 Å². The van der Waals surface area contributed by atoms with Crippen LogP contribution in [-0.4, -0.2) is 27.2 Å². The first kappa shape index (κ1) is 14.5. The molecule has 8 nitrogen and oxygen atoms in total. The fourth-order valence-corrected chi connectivity index (χ4v) is 1.89. The first-order chi connectivity index (χ1) is 10.1. The van der Waals surface area contributed by atoms with Crippen molar-refractivity contribution in [2.24, 2.45) is 5.73 Å². The first-order valence-corrected chi connectivity index (χ1v) is 6.37. The molecule has 1 aromatic carbocycles. The van der Waals surface area contributed by atoms with Gasteiger partial charge in [-0.1, -0.05) is 0 Å². The molecule has 1 amide bonds. The molecular weight excluding hydrogens is 274 g/mol. The molecule has 0 aliphatic carbocycles. The number of aromatic nitrogens is 2. The Hall–Kier alpha value is -2.90. The van der Waals surface area contributed by atoms with Crippen LogP contribution in [0.3, 0.4) is 0 Å². The monoisotopic (exact) mass is 289 g/mol. The minimum Gasteiger partial charge on any atom is -0.379 e. The molecule has 0 saturated heterocycles. The molecule has 0 aliphatic heterocycles. The zero-order chi connectivity index (χ0) is 15.2. The number of nitro benzene ring substituents is 1. The maximum absolute atomic E-state index is 11.1. The van der Waals surface area contributed by atoms with E-state index in [0.717, 1.165) is 6.42 Å². The fraction of sp³-hybridized carbons (Fsp3) is 0.231. The van der Waals surface area contributed by atoms with Gasteiger partial charge in [0.05, 0.1) is 4.92 Å². The zero-order valence-corrected chi connectivity index (χ0v) is 11.2. The number of primary amides is 1. The summed E-state index contributed by atoms with van der Waals surface area (Å²) < 4.78 is 1.77. The zero-order valence-electron chi connectivity index (χ0n) is 11.2. The SMILES string of the molecule is NC(=O)c1ccc([N+](=O)[O-])c(NCCCn2cccn2)c1. The van der Waals surface area contributed by atoms with Crippen LogP contribution in [0.25, 0.3) is 0 Å². The average Bonchev–Trinajstić information content (AvgIpc) is 2.96. The summed E-state index contributed by atoms with van der Waals surface area (Å²) >= 11 is 0. The number of carbonyl (C=O) groups is 1. The second-order valence-corrected chi connectivity index (χ2v) is 4.40. The summed E-state index contributed by atoms with van der Waals surface area (Å²) in [5.41, 5.74) is 5.62. The second-order valence-electron chi connectivity index (χ2n) is 4.40. The summed E-state index contributed by atoms with van der Waals surface area (Å²) in [6.45, 7) is 1.21. The van der Waals surface area contributed by atoms with Gasteiger partial charge >= 0.3 is 0 Å². The van der Waals surface area contributed by atoms with Gasteiger partial charge in [0, 0.05) is 37.1 Å². The molecule has 21 heavy (non-hydrogen) atoms. The summed E-state index contributed by atoms with van der Waals surface area (Å²) in [5, 5.41) is 18.0. The highest BCUT2D eigenvalue weighted by Crippen LogP contribution is 2.25. The minimum atomic E-state index is -0.621. The number of nitro groups is 1. The van der Waals surface area contributed by atoms with E-state index in [-0.39, 0.29) is 16.9 Å².